The van der Waals surface area contributed by atoms with E-state index in [1.807, 2.05) is 60.7 Å². The molecule has 2 nitrogen and oxygen atoms in total. The van der Waals surface area contributed by atoms with Crippen LogP contribution in [0.3, 0.4) is 0 Å². The van der Waals surface area contributed by atoms with Crippen molar-refractivity contribution < 1.29 is 10.0 Å². The monoisotopic (exact) mass is 338 g/mol. The highest BCUT2D eigenvalue weighted by Gasteiger charge is 2.30. The molecule has 0 saturated carbocycles. The number of nitrogens with one attached hydrogen (secondary N) is 1. The molecule has 2 N–H and O–H groups in total. The van der Waals surface area contributed by atoms with Crippen molar-refractivity contribution >= 4 is 0 Å². The second-order valence-electron chi connectivity index (χ2n) is 7.46. The van der Waals surface area contributed by atoms with Gasteiger partial charge in [-0.05, 0) is 36.8 Å². The minimum absolute atomic E-state index is 0.789. The first kappa shape index (κ1) is 18.2. The van der Waals surface area contributed by atoms with Crippen molar-refractivity contribution in [3.05, 3.63) is 71.8 Å². The van der Waals surface area contributed by atoms with Crippen LogP contribution in [0.25, 0.3) is 0 Å². The van der Waals surface area contributed by atoms with Gasteiger partial charge in [0.25, 0.3) is 0 Å². The summed E-state index contributed by atoms with van der Waals surface area (Å²) in [5, 5.41) is 11.5. The molecule has 0 atom stereocenters. The van der Waals surface area contributed by atoms with Crippen LogP contribution in [0.4, 0.5) is 0 Å². The van der Waals surface area contributed by atoms with Gasteiger partial charge in [0, 0.05) is 12.8 Å². The van der Waals surface area contributed by atoms with E-state index in [0.29, 0.717) is 0 Å². The zero-order chi connectivity index (χ0) is 17.4. The fourth-order valence-electron chi connectivity index (χ4n) is 4.12. The Hall–Kier alpha value is -1.64. The van der Waals surface area contributed by atoms with Crippen molar-refractivity contribution in [1.82, 2.24) is 0 Å². The van der Waals surface area contributed by atoms with Gasteiger partial charge in [0.2, 0.25) is 0 Å². The van der Waals surface area contributed by atoms with E-state index in [1.54, 1.807) is 4.90 Å². The molecule has 0 radical (unpaired) electrons. The van der Waals surface area contributed by atoms with Gasteiger partial charge in [-0.25, -0.2) is 0 Å². The lowest BCUT2D eigenvalue weighted by Crippen LogP contribution is -3.09. The first-order valence-electron chi connectivity index (χ1n) is 9.96. The molecule has 1 saturated heterocycles. The fraction of sp³-hybridized carbons (Fsp3) is 0.478. The van der Waals surface area contributed by atoms with Crippen LogP contribution in [0.2, 0.25) is 0 Å². The van der Waals surface area contributed by atoms with Gasteiger partial charge < -0.3 is 10.0 Å². The van der Waals surface area contributed by atoms with Crippen molar-refractivity contribution in [3.63, 3.8) is 0 Å². The molecule has 134 valence electrons. The lowest BCUT2D eigenvalue weighted by atomic mass is 9.82. The molecule has 0 bridgehead atoms. The van der Waals surface area contributed by atoms with E-state index in [-0.39, 0.29) is 0 Å². The minimum atomic E-state index is -0.872. The Morgan fingerprint density at radius 1 is 0.720 bits per heavy atom. The van der Waals surface area contributed by atoms with Crippen molar-refractivity contribution in [3.8, 4) is 0 Å². The maximum Gasteiger partial charge on any atom is 0.115 e. The number of hydrogen-bond donors (Lipinski definition) is 2. The second kappa shape index (κ2) is 9.17. The van der Waals surface area contributed by atoms with Crippen LogP contribution in [-0.4, -0.2) is 24.7 Å². The standard InChI is InChI=1S/C23H31NO/c25-23(21-13-5-3-6-14-21,22-15-7-4-8-16-22)17-9-1-2-10-18-24-19-11-12-20-24/h3-8,13-16,25H,1-2,9-12,17-20H2/p+1. The summed E-state index contributed by atoms with van der Waals surface area (Å²) in [6, 6.07) is 20.3. The summed E-state index contributed by atoms with van der Waals surface area (Å²) in [4.78, 5) is 1.80. The van der Waals surface area contributed by atoms with Gasteiger partial charge in [-0.2, -0.15) is 0 Å². The molecule has 0 aliphatic carbocycles. The molecule has 1 aliphatic heterocycles. The number of benzene rings is 2. The van der Waals surface area contributed by atoms with E-state index in [9.17, 15) is 5.11 Å². The smallest absolute Gasteiger partial charge is 0.115 e. The Morgan fingerprint density at radius 3 is 1.80 bits per heavy atom. The Morgan fingerprint density at radius 2 is 1.24 bits per heavy atom. The van der Waals surface area contributed by atoms with E-state index >= 15 is 0 Å². The molecule has 2 aromatic rings. The van der Waals surface area contributed by atoms with Crippen molar-refractivity contribution in [2.45, 2.75) is 50.5 Å². The second-order valence-corrected chi connectivity index (χ2v) is 7.46. The minimum Gasteiger partial charge on any atom is -0.380 e. The van der Waals surface area contributed by atoms with Gasteiger partial charge in [-0.1, -0.05) is 67.1 Å². The number of hydrogen-bond acceptors (Lipinski definition) is 1. The predicted octanol–water partition coefficient (Wildman–Crippen LogP) is 3.55. The first-order valence-corrected chi connectivity index (χ1v) is 9.96. The van der Waals surface area contributed by atoms with E-state index in [2.05, 4.69) is 0 Å². The summed E-state index contributed by atoms with van der Waals surface area (Å²) in [5.41, 5.74) is 1.13. The quantitative estimate of drug-likeness (QED) is 0.672. The Balaban J connectivity index is 1.54. The van der Waals surface area contributed by atoms with Crippen molar-refractivity contribution in [2.75, 3.05) is 19.6 Å². The summed E-state index contributed by atoms with van der Waals surface area (Å²) in [5.74, 6) is 0. The molecule has 2 heteroatoms. The predicted molar refractivity (Wildman–Crippen MR) is 104 cm³/mol. The summed E-state index contributed by atoms with van der Waals surface area (Å²) in [6.07, 6.45) is 8.49. The number of unbranched alkanes of at least 4 members (excludes halogenated alkanes) is 3. The maximum absolute atomic E-state index is 11.5. The molecule has 3 rings (SSSR count). The van der Waals surface area contributed by atoms with Crippen molar-refractivity contribution in [2.24, 2.45) is 0 Å². The average molecular weight is 339 g/mol. The third kappa shape index (κ3) is 4.93. The summed E-state index contributed by atoms with van der Waals surface area (Å²) in [6.45, 7) is 4.09. The number of likely N-dealkylation sites (tertiary alicyclic amines) is 1. The van der Waals surface area contributed by atoms with Crippen LogP contribution >= 0.6 is 0 Å². The Labute approximate surface area is 152 Å². The average Bonchev–Trinajstić information content (AvgIpc) is 3.19. The van der Waals surface area contributed by atoms with Crippen LogP contribution in [0, 0.1) is 0 Å². The van der Waals surface area contributed by atoms with E-state index in [0.717, 1.165) is 24.0 Å². The molecule has 0 unspecified atom stereocenters. The van der Waals surface area contributed by atoms with Gasteiger partial charge in [-0.15, -0.1) is 0 Å². The lowest BCUT2D eigenvalue weighted by Gasteiger charge is -2.29. The normalized spacial score (nSPS) is 15.6. The van der Waals surface area contributed by atoms with Crippen LogP contribution < -0.4 is 4.90 Å². The molecule has 1 fully saturated rings. The zero-order valence-electron chi connectivity index (χ0n) is 15.3. The SMILES string of the molecule is OC(CCCCCC[NH+]1CCCC1)(c1ccccc1)c1ccccc1. The summed E-state index contributed by atoms with van der Waals surface area (Å²) in [7, 11) is 0. The fourth-order valence-corrected chi connectivity index (χ4v) is 4.12. The third-order valence-corrected chi connectivity index (χ3v) is 5.63. The van der Waals surface area contributed by atoms with Crippen LogP contribution in [-0.2, 0) is 5.60 Å². The van der Waals surface area contributed by atoms with E-state index in [1.165, 1.54) is 51.7 Å². The van der Waals surface area contributed by atoms with Gasteiger partial charge in [0.05, 0.1) is 19.6 Å². The Bertz CT molecular complexity index is 565. The van der Waals surface area contributed by atoms with E-state index in [4.69, 9.17) is 0 Å². The molecular formula is C23H32NO+. The van der Waals surface area contributed by atoms with Crippen molar-refractivity contribution in [1.29, 1.82) is 0 Å². The molecule has 1 heterocycles. The molecule has 1 aliphatic rings. The topological polar surface area (TPSA) is 24.7 Å². The molecule has 25 heavy (non-hydrogen) atoms. The van der Waals surface area contributed by atoms with Gasteiger partial charge in [0.1, 0.15) is 5.60 Å². The highest BCUT2D eigenvalue weighted by atomic mass is 16.3. The van der Waals surface area contributed by atoms with Gasteiger partial charge in [-0.3, -0.25) is 0 Å². The third-order valence-electron chi connectivity index (χ3n) is 5.63. The largest absolute Gasteiger partial charge is 0.380 e. The number of quaternary nitrogens is 1. The molecular weight excluding hydrogens is 306 g/mol. The molecule has 0 spiro atoms. The number of rotatable bonds is 9. The van der Waals surface area contributed by atoms with Crippen LogP contribution in [0.15, 0.2) is 60.7 Å². The summed E-state index contributed by atoms with van der Waals surface area (Å²) < 4.78 is 0. The number of aliphatic hydroxyl groups is 1. The highest BCUT2D eigenvalue weighted by molar-refractivity contribution is 5.35. The Kier molecular flexibility index (Phi) is 6.66. The maximum atomic E-state index is 11.5. The van der Waals surface area contributed by atoms with Crippen LogP contribution in [0.5, 0.6) is 0 Å². The van der Waals surface area contributed by atoms with Gasteiger partial charge in [0.15, 0.2) is 0 Å². The van der Waals surface area contributed by atoms with E-state index < -0.39 is 5.60 Å². The van der Waals surface area contributed by atoms with Gasteiger partial charge >= 0.3 is 0 Å². The molecule has 0 aromatic heterocycles. The first-order chi connectivity index (χ1) is 12.3. The van der Waals surface area contributed by atoms with Crippen LogP contribution in [0.1, 0.15) is 56.1 Å². The summed E-state index contributed by atoms with van der Waals surface area (Å²) >= 11 is 0. The highest BCUT2D eigenvalue weighted by Crippen LogP contribution is 2.34. The molecule has 0 amide bonds. The zero-order valence-corrected chi connectivity index (χ0v) is 15.3. The lowest BCUT2D eigenvalue weighted by molar-refractivity contribution is -0.887. The molecule has 2 aromatic carbocycles.